The topological polar surface area (TPSA) is 84.9 Å². The van der Waals surface area contributed by atoms with Crippen LogP contribution in [0.25, 0.3) is 0 Å². The minimum atomic E-state index is -3.63. The zero-order valence-electron chi connectivity index (χ0n) is 16.8. The van der Waals surface area contributed by atoms with Crippen molar-refractivity contribution >= 4 is 37.5 Å². The Labute approximate surface area is 180 Å². The van der Waals surface area contributed by atoms with Gasteiger partial charge in [0.2, 0.25) is 15.9 Å². The molecule has 1 unspecified atom stereocenters. The number of carbonyl (C=O) groups is 1. The number of ether oxygens (including phenoxy) is 2. The first-order chi connectivity index (χ1) is 13.7. The van der Waals surface area contributed by atoms with Crippen LogP contribution in [0, 0.1) is 0 Å². The molecule has 0 bridgehead atoms. The number of hydrogen-bond acceptors (Lipinski definition) is 5. The molecular formula is C20H25BrN2O5S. The van der Waals surface area contributed by atoms with Crippen LogP contribution in [0.15, 0.2) is 46.9 Å². The van der Waals surface area contributed by atoms with Crippen molar-refractivity contribution in [2.45, 2.75) is 19.4 Å². The number of carbonyl (C=O) groups excluding carboxylic acids is 1. The average Bonchev–Trinajstić information content (AvgIpc) is 2.69. The molecule has 1 atom stereocenters. The van der Waals surface area contributed by atoms with Crippen molar-refractivity contribution in [3.63, 3.8) is 0 Å². The van der Waals surface area contributed by atoms with Gasteiger partial charge in [-0.1, -0.05) is 28.9 Å². The van der Waals surface area contributed by atoms with Gasteiger partial charge < -0.3 is 14.8 Å². The quantitative estimate of drug-likeness (QED) is 0.588. The second-order valence-electron chi connectivity index (χ2n) is 6.39. The lowest BCUT2D eigenvalue weighted by molar-refractivity contribution is -0.120. The summed E-state index contributed by atoms with van der Waals surface area (Å²) in [6, 6.07) is 11.9. The molecule has 158 valence electrons. The first-order valence-electron chi connectivity index (χ1n) is 8.94. The molecule has 9 heteroatoms. The van der Waals surface area contributed by atoms with E-state index in [2.05, 4.69) is 21.2 Å². The fourth-order valence-corrected chi connectivity index (χ4v) is 3.99. The van der Waals surface area contributed by atoms with E-state index in [1.807, 2.05) is 13.0 Å². The predicted molar refractivity (Wildman–Crippen MR) is 117 cm³/mol. The third-order valence-electron chi connectivity index (χ3n) is 4.36. The van der Waals surface area contributed by atoms with Gasteiger partial charge in [0.1, 0.15) is 6.54 Å². The summed E-state index contributed by atoms with van der Waals surface area (Å²) >= 11 is 3.32. The van der Waals surface area contributed by atoms with Gasteiger partial charge in [-0.15, -0.1) is 0 Å². The molecule has 1 amide bonds. The molecule has 7 nitrogen and oxygen atoms in total. The minimum absolute atomic E-state index is 0.298. The van der Waals surface area contributed by atoms with Gasteiger partial charge in [0.05, 0.1) is 32.2 Å². The van der Waals surface area contributed by atoms with E-state index in [9.17, 15) is 13.2 Å². The summed E-state index contributed by atoms with van der Waals surface area (Å²) in [5.41, 5.74) is 1.26. The lowest BCUT2D eigenvalue weighted by atomic mass is 10.0. The van der Waals surface area contributed by atoms with Gasteiger partial charge in [-0.2, -0.15) is 0 Å². The highest BCUT2D eigenvalue weighted by Crippen LogP contribution is 2.31. The van der Waals surface area contributed by atoms with Crippen molar-refractivity contribution in [1.82, 2.24) is 5.32 Å². The number of nitrogens with zero attached hydrogens (tertiary/aromatic N) is 1. The Morgan fingerprint density at radius 3 is 2.24 bits per heavy atom. The summed E-state index contributed by atoms with van der Waals surface area (Å²) in [5, 5.41) is 2.90. The standard InChI is InChI=1S/C20H25BrN2O5S/c1-5-17(14-6-11-18(27-2)19(12-14)28-3)22-20(24)13-23(29(4,25)26)16-9-7-15(21)8-10-16/h6-12,17H,5,13H2,1-4H3,(H,22,24). The number of halogens is 1. The third kappa shape index (κ3) is 6.11. The van der Waals surface area contributed by atoms with Crippen LogP contribution >= 0.6 is 15.9 Å². The van der Waals surface area contributed by atoms with Gasteiger partial charge in [-0.3, -0.25) is 9.10 Å². The van der Waals surface area contributed by atoms with Crippen molar-refractivity contribution in [3.05, 3.63) is 52.5 Å². The van der Waals surface area contributed by atoms with Crippen LogP contribution in [0.2, 0.25) is 0 Å². The largest absolute Gasteiger partial charge is 0.493 e. The van der Waals surface area contributed by atoms with Gasteiger partial charge >= 0.3 is 0 Å². The number of sulfonamides is 1. The predicted octanol–water partition coefficient (Wildman–Crippen LogP) is 3.50. The maximum Gasteiger partial charge on any atom is 0.241 e. The number of anilines is 1. The average molecular weight is 485 g/mol. The smallest absolute Gasteiger partial charge is 0.241 e. The van der Waals surface area contributed by atoms with E-state index < -0.39 is 15.9 Å². The van der Waals surface area contributed by atoms with E-state index in [4.69, 9.17) is 9.47 Å². The normalized spacial score (nSPS) is 12.2. The number of nitrogens with one attached hydrogen (secondary N) is 1. The molecule has 0 spiro atoms. The van der Waals surface area contributed by atoms with Crippen molar-refractivity contribution in [2.75, 3.05) is 31.3 Å². The molecule has 2 rings (SSSR count). The van der Waals surface area contributed by atoms with E-state index in [1.165, 1.54) is 0 Å². The molecule has 0 heterocycles. The maximum absolute atomic E-state index is 12.7. The van der Waals surface area contributed by atoms with E-state index >= 15 is 0 Å². The molecular weight excluding hydrogens is 460 g/mol. The van der Waals surface area contributed by atoms with E-state index in [-0.39, 0.29) is 12.6 Å². The van der Waals surface area contributed by atoms with Crippen molar-refractivity contribution < 1.29 is 22.7 Å². The highest BCUT2D eigenvalue weighted by molar-refractivity contribution is 9.10. The molecule has 0 fully saturated rings. The first kappa shape index (κ1) is 23.0. The van der Waals surface area contributed by atoms with E-state index in [0.717, 1.165) is 20.6 Å². The summed E-state index contributed by atoms with van der Waals surface area (Å²) < 4.78 is 36.9. The van der Waals surface area contributed by atoms with Crippen molar-refractivity contribution in [3.8, 4) is 11.5 Å². The number of rotatable bonds is 9. The fourth-order valence-electron chi connectivity index (χ4n) is 2.87. The molecule has 0 aliphatic rings. The zero-order valence-corrected chi connectivity index (χ0v) is 19.2. The SMILES string of the molecule is CCC(NC(=O)CN(c1ccc(Br)cc1)S(C)(=O)=O)c1ccc(OC)c(OC)c1. The van der Waals surface area contributed by atoms with Crippen LogP contribution in [0.5, 0.6) is 11.5 Å². The lowest BCUT2D eigenvalue weighted by Crippen LogP contribution is -2.41. The zero-order chi connectivity index (χ0) is 21.6. The van der Waals surface area contributed by atoms with Gasteiger partial charge in [0.25, 0.3) is 0 Å². The molecule has 1 N–H and O–H groups in total. The summed E-state index contributed by atoms with van der Waals surface area (Å²) in [7, 11) is -0.533. The van der Waals surface area contributed by atoms with Crippen LogP contribution in [0.1, 0.15) is 24.9 Å². The number of methoxy groups -OCH3 is 2. The minimum Gasteiger partial charge on any atom is -0.493 e. The lowest BCUT2D eigenvalue weighted by Gasteiger charge is -2.24. The number of amides is 1. The molecule has 0 saturated carbocycles. The Morgan fingerprint density at radius 1 is 1.10 bits per heavy atom. The highest BCUT2D eigenvalue weighted by Gasteiger charge is 2.23. The van der Waals surface area contributed by atoms with Crippen LogP contribution in [0.4, 0.5) is 5.69 Å². The van der Waals surface area contributed by atoms with E-state index in [0.29, 0.717) is 23.6 Å². The van der Waals surface area contributed by atoms with Gasteiger partial charge in [-0.05, 0) is 48.4 Å². The molecule has 0 saturated heterocycles. The maximum atomic E-state index is 12.7. The molecule has 29 heavy (non-hydrogen) atoms. The van der Waals surface area contributed by atoms with Gasteiger partial charge in [0.15, 0.2) is 11.5 Å². The summed E-state index contributed by atoms with van der Waals surface area (Å²) in [4.78, 5) is 12.7. The van der Waals surface area contributed by atoms with Crippen LogP contribution < -0.4 is 19.1 Å². The Kier molecular flexibility index (Phi) is 7.92. The molecule has 0 radical (unpaired) electrons. The van der Waals surface area contributed by atoms with Crippen molar-refractivity contribution in [2.24, 2.45) is 0 Å². The molecule has 0 aliphatic carbocycles. The van der Waals surface area contributed by atoms with E-state index in [1.54, 1.807) is 50.6 Å². The Balaban J connectivity index is 2.20. The van der Waals surface area contributed by atoms with Gasteiger partial charge in [0, 0.05) is 4.47 Å². The molecule has 0 aliphatic heterocycles. The molecule has 2 aromatic rings. The summed E-state index contributed by atoms with van der Waals surface area (Å²) in [5.74, 6) is 0.751. The van der Waals surface area contributed by atoms with Crippen LogP contribution in [0.3, 0.4) is 0 Å². The first-order valence-corrected chi connectivity index (χ1v) is 11.6. The second-order valence-corrected chi connectivity index (χ2v) is 9.21. The fraction of sp³-hybridized carbons (Fsp3) is 0.350. The Morgan fingerprint density at radius 2 is 1.72 bits per heavy atom. The van der Waals surface area contributed by atoms with Crippen LogP contribution in [-0.4, -0.2) is 41.3 Å². The molecule has 2 aromatic carbocycles. The second kappa shape index (κ2) is 9.98. The summed E-state index contributed by atoms with van der Waals surface area (Å²) in [6.45, 7) is 1.62. The highest BCUT2D eigenvalue weighted by atomic mass is 79.9. The molecule has 0 aromatic heterocycles. The number of benzene rings is 2. The third-order valence-corrected chi connectivity index (χ3v) is 6.02. The Hall–Kier alpha value is -2.26. The monoisotopic (exact) mass is 484 g/mol. The number of hydrogen-bond donors (Lipinski definition) is 1. The summed E-state index contributed by atoms with van der Waals surface area (Å²) in [6.07, 6.45) is 1.70. The Bertz CT molecular complexity index is 948. The van der Waals surface area contributed by atoms with Crippen molar-refractivity contribution in [1.29, 1.82) is 0 Å². The van der Waals surface area contributed by atoms with Gasteiger partial charge in [-0.25, -0.2) is 8.42 Å². The van der Waals surface area contributed by atoms with Crippen LogP contribution in [-0.2, 0) is 14.8 Å².